The summed E-state index contributed by atoms with van der Waals surface area (Å²) in [6.07, 6.45) is 0.243. The van der Waals surface area contributed by atoms with Crippen molar-refractivity contribution in [2.75, 3.05) is 19.0 Å². The molecular weight excluding hydrogens is 222 g/mol. The van der Waals surface area contributed by atoms with Crippen LogP contribution in [0, 0.1) is 6.92 Å². The zero-order valence-corrected chi connectivity index (χ0v) is 9.82. The molecule has 17 heavy (non-hydrogen) atoms. The zero-order valence-electron chi connectivity index (χ0n) is 9.82. The molecular formula is C12H15NO4. The molecule has 0 fully saturated rings. The van der Waals surface area contributed by atoms with Gasteiger partial charge < -0.3 is 15.2 Å². The van der Waals surface area contributed by atoms with Gasteiger partial charge in [0.1, 0.15) is 0 Å². The lowest BCUT2D eigenvalue weighted by atomic mass is 10.1. The van der Waals surface area contributed by atoms with Gasteiger partial charge in [0.25, 0.3) is 0 Å². The van der Waals surface area contributed by atoms with Crippen LogP contribution in [-0.4, -0.2) is 30.7 Å². The van der Waals surface area contributed by atoms with E-state index in [1.54, 1.807) is 19.1 Å². The van der Waals surface area contributed by atoms with Crippen LogP contribution < -0.4 is 5.32 Å². The minimum Gasteiger partial charge on any atom is -0.478 e. The number of hydrogen-bond donors (Lipinski definition) is 2. The average molecular weight is 237 g/mol. The van der Waals surface area contributed by atoms with E-state index in [4.69, 9.17) is 9.84 Å². The summed E-state index contributed by atoms with van der Waals surface area (Å²) < 4.78 is 4.78. The van der Waals surface area contributed by atoms with Gasteiger partial charge in [-0.2, -0.15) is 0 Å². The van der Waals surface area contributed by atoms with Gasteiger partial charge in [0.05, 0.1) is 18.6 Å². The zero-order chi connectivity index (χ0) is 12.8. The van der Waals surface area contributed by atoms with Crippen molar-refractivity contribution in [3.05, 3.63) is 29.3 Å². The molecule has 0 aliphatic rings. The lowest BCUT2D eigenvalue weighted by Gasteiger charge is -2.07. The van der Waals surface area contributed by atoms with E-state index in [1.165, 1.54) is 13.2 Å². The molecule has 0 spiro atoms. The Balaban J connectivity index is 2.75. The number of rotatable bonds is 5. The fourth-order valence-corrected chi connectivity index (χ4v) is 1.35. The summed E-state index contributed by atoms with van der Waals surface area (Å²) >= 11 is 0. The molecule has 92 valence electrons. The van der Waals surface area contributed by atoms with Crippen LogP contribution in [0.3, 0.4) is 0 Å². The number of amides is 1. The third kappa shape index (κ3) is 3.88. The lowest BCUT2D eigenvalue weighted by Crippen LogP contribution is -2.14. The van der Waals surface area contributed by atoms with Crippen LogP contribution in [0.15, 0.2) is 18.2 Å². The molecule has 5 heteroatoms. The standard InChI is InChI=1S/C12H15NO4/c1-8-3-4-9(7-10(8)12(15)16)13-11(14)5-6-17-2/h3-4,7H,5-6H2,1-2H3,(H,13,14)(H,15,16). The van der Waals surface area contributed by atoms with E-state index in [0.717, 1.165) is 0 Å². The van der Waals surface area contributed by atoms with Gasteiger partial charge in [0.15, 0.2) is 0 Å². The van der Waals surface area contributed by atoms with Crippen LogP contribution in [-0.2, 0) is 9.53 Å². The van der Waals surface area contributed by atoms with E-state index in [0.29, 0.717) is 17.9 Å². The van der Waals surface area contributed by atoms with Gasteiger partial charge in [-0.25, -0.2) is 4.79 Å². The molecule has 1 rings (SSSR count). The number of hydrogen-bond acceptors (Lipinski definition) is 3. The van der Waals surface area contributed by atoms with Crippen LogP contribution in [0.1, 0.15) is 22.3 Å². The minimum atomic E-state index is -1.00. The number of methoxy groups -OCH3 is 1. The Morgan fingerprint density at radius 1 is 1.41 bits per heavy atom. The number of ether oxygens (including phenoxy) is 1. The average Bonchev–Trinajstić information content (AvgIpc) is 2.28. The normalized spacial score (nSPS) is 10.0. The Morgan fingerprint density at radius 2 is 2.12 bits per heavy atom. The van der Waals surface area contributed by atoms with Crippen LogP contribution in [0.25, 0.3) is 0 Å². The van der Waals surface area contributed by atoms with E-state index in [9.17, 15) is 9.59 Å². The maximum absolute atomic E-state index is 11.4. The minimum absolute atomic E-state index is 0.189. The van der Waals surface area contributed by atoms with Gasteiger partial charge >= 0.3 is 5.97 Å². The summed E-state index contributed by atoms with van der Waals surface area (Å²) in [5.74, 6) is -1.21. The first-order valence-corrected chi connectivity index (χ1v) is 5.17. The van der Waals surface area contributed by atoms with Crippen molar-refractivity contribution in [2.24, 2.45) is 0 Å². The molecule has 0 saturated heterocycles. The maximum Gasteiger partial charge on any atom is 0.336 e. The molecule has 0 aliphatic heterocycles. The van der Waals surface area contributed by atoms with E-state index in [2.05, 4.69) is 5.32 Å². The van der Waals surface area contributed by atoms with Crippen molar-refractivity contribution in [1.29, 1.82) is 0 Å². The van der Waals surface area contributed by atoms with Gasteiger partial charge in [-0.1, -0.05) is 6.07 Å². The molecule has 0 aromatic heterocycles. The molecule has 0 saturated carbocycles. The van der Waals surface area contributed by atoms with E-state index in [1.807, 2.05) is 0 Å². The first-order chi connectivity index (χ1) is 8.04. The molecule has 5 nitrogen and oxygen atoms in total. The molecule has 2 N–H and O–H groups in total. The highest BCUT2D eigenvalue weighted by Crippen LogP contribution is 2.15. The quantitative estimate of drug-likeness (QED) is 0.816. The van der Waals surface area contributed by atoms with Gasteiger partial charge in [-0.15, -0.1) is 0 Å². The number of aromatic carboxylic acids is 1. The Labute approximate surface area is 99.4 Å². The number of nitrogens with one attached hydrogen (secondary N) is 1. The largest absolute Gasteiger partial charge is 0.478 e. The predicted molar refractivity (Wildman–Crippen MR) is 63.3 cm³/mol. The van der Waals surface area contributed by atoms with Crippen molar-refractivity contribution in [2.45, 2.75) is 13.3 Å². The van der Waals surface area contributed by atoms with Crippen LogP contribution in [0.4, 0.5) is 5.69 Å². The second kappa shape index (κ2) is 6.00. The fraction of sp³-hybridized carbons (Fsp3) is 0.333. The Hall–Kier alpha value is -1.88. The molecule has 0 radical (unpaired) electrons. The highest BCUT2D eigenvalue weighted by atomic mass is 16.5. The van der Waals surface area contributed by atoms with Crippen LogP contribution >= 0.6 is 0 Å². The number of carbonyl (C=O) groups excluding carboxylic acids is 1. The fourth-order valence-electron chi connectivity index (χ4n) is 1.35. The second-order valence-corrected chi connectivity index (χ2v) is 3.63. The molecule has 0 unspecified atom stereocenters. The van der Waals surface area contributed by atoms with Crippen molar-refractivity contribution in [1.82, 2.24) is 0 Å². The first-order valence-electron chi connectivity index (χ1n) is 5.17. The van der Waals surface area contributed by atoms with Gasteiger partial charge in [-0.3, -0.25) is 4.79 Å². The summed E-state index contributed by atoms with van der Waals surface area (Å²) in [6, 6.07) is 4.78. The number of carboxylic acid groups (broad SMARTS) is 1. The third-order valence-electron chi connectivity index (χ3n) is 2.28. The Bertz CT molecular complexity index is 429. The molecule has 0 heterocycles. The van der Waals surface area contributed by atoms with E-state index >= 15 is 0 Å². The summed E-state index contributed by atoms with van der Waals surface area (Å²) in [4.78, 5) is 22.3. The number of aryl methyl sites for hydroxylation is 1. The summed E-state index contributed by atoms with van der Waals surface area (Å²) in [7, 11) is 1.52. The van der Waals surface area contributed by atoms with Crippen LogP contribution in [0.5, 0.6) is 0 Å². The summed E-state index contributed by atoms with van der Waals surface area (Å²) in [6.45, 7) is 2.05. The van der Waals surface area contributed by atoms with Crippen molar-refractivity contribution < 1.29 is 19.4 Å². The summed E-state index contributed by atoms with van der Waals surface area (Å²) in [5.41, 5.74) is 1.33. The van der Waals surface area contributed by atoms with Gasteiger partial charge in [0, 0.05) is 12.8 Å². The monoisotopic (exact) mass is 237 g/mol. The predicted octanol–water partition coefficient (Wildman–Crippen LogP) is 1.67. The lowest BCUT2D eigenvalue weighted by molar-refractivity contribution is -0.117. The number of carboxylic acids is 1. The molecule has 1 aromatic rings. The van der Waals surface area contributed by atoms with E-state index in [-0.39, 0.29) is 17.9 Å². The Morgan fingerprint density at radius 3 is 2.71 bits per heavy atom. The van der Waals surface area contributed by atoms with Crippen molar-refractivity contribution in [3.8, 4) is 0 Å². The smallest absolute Gasteiger partial charge is 0.336 e. The number of carbonyl (C=O) groups is 2. The van der Waals surface area contributed by atoms with Crippen LogP contribution in [0.2, 0.25) is 0 Å². The third-order valence-corrected chi connectivity index (χ3v) is 2.28. The first kappa shape index (κ1) is 13.2. The Kier molecular flexibility index (Phi) is 4.66. The van der Waals surface area contributed by atoms with Gasteiger partial charge in [0.2, 0.25) is 5.91 Å². The number of anilines is 1. The highest BCUT2D eigenvalue weighted by Gasteiger charge is 2.09. The van der Waals surface area contributed by atoms with Gasteiger partial charge in [-0.05, 0) is 24.6 Å². The molecule has 0 atom stereocenters. The highest BCUT2D eigenvalue weighted by molar-refractivity contribution is 5.94. The molecule has 1 aromatic carbocycles. The molecule has 1 amide bonds. The maximum atomic E-state index is 11.4. The SMILES string of the molecule is COCCC(=O)Nc1ccc(C)c(C(=O)O)c1. The second-order valence-electron chi connectivity index (χ2n) is 3.63. The number of benzene rings is 1. The van der Waals surface area contributed by atoms with Crippen molar-refractivity contribution in [3.63, 3.8) is 0 Å². The summed E-state index contributed by atoms with van der Waals surface area (Å²) in [5, 5.41) is 11.5. The van der Waals surface area contributed by atoms with Crippen molar-refractivity contribution >= 4 is 17.6 Å². The molecule has 0 bridgehead atoms. The van der Waals surface area contributed by atoms with E-state index < -0.39 is 5.97 Å². The topological polar surface area (TPSA) is 75.6 Å². The molecule has 0 aliphatic carbocycles.